The minimum atomic E-state index is -0.355. The number of nitrogens with zero attached hydrogens (tertiary/aromatic N) is 3. The molecule has 0 saturated heterocycles. The first-order valence-corrected chi connectivity index (χ1v) is 5.79. The molecule has 0 aliphatic carbocycles. The van der Waals surface area contributed by atoms with E-state index in [1.807, 2.05) is 6.92 Å². The maximum absolute atomic E-state index is 11.8. The van der Waals surface area contributed by atoms with Gasteiger partial charge < -0.3 is 4.57 Å². The molecule has 0 bridgehead atoms. The molecule has 0 atom stereocenters. The van der Waals surface area contributed by atoms with Crippen molar-refractivity contribution in [3.8, 4) is 0 Å². The van der Waals surface area contributed by atoms with Crippen molar-refractivity contribution < 1.29 is 4.79 Å². The second-order valence-electron chi connectivity index (χ2n) is 4.26. The first-order chi connectivity index (χ1) is 8.52. The van der Waals surface area contributed by atoms with Crippen LogP contribution >= 0.6 is 0 Å². The van der Waals surface area contributed by atoms with Gasteiger partial charge in [-0.15, -0.1) is 0 Å². The van der Waals surface area contributed by atoms with E-state index in [1.165, 1.54) is 0 Å². The maximum Gasteiger partial charge on any atom is 0.280 e. The van der Waals surface area contributed by atoms with E-state index in [-0.39, 0.29) is 28.8 Å². The van der Waals surface area contributed by atoms with Crippen LogP contribution in [0.1, 0.15) is 20.8 Å². The lowest BCUT2D eigenvalue weighted by molar-refractivity contribution is -0.118. The zero-order valence-corrected chi connectivity index (χ0v) is 10.5. The molecule has 0 spiro atoms. The predicted molar refractivity (Wildman–Crippen MR) is 67.3 cm³/mol. The Morgan fingerprint density at radius 3 is 2.89 bits per heavy atom. The van der Waals surface area contributed by atoms with E-state index in [4.69, 9.17) is 0 Å². The second kappa shape index (κ2) is 4.59. The highest BCUT2D eigenvalue weighted by Gasteiger charge is 2.12. The van der Waals surface area contributed by atoms with Gasteiger partial charge in [0.15, 0.2) is 11.2 Å². The van der Waals surface area contributed by atoms with Crippen molar-refractivity contribution in [3.05, 3.63) is 16.7 Å². The summed E-state index contributed by atoms with van der Waals surface area (Å²) in [7, 11) is 0. The van der Waals surface area contributed by atoms with Crippen LogP contribution in [0.2, 0.25) is 0 Å². The number of hydrogen-bond acceptors (Lipinski definition) is 4. The third-order valence-corrected chi connectivity index (χ3v) is 2.58. The Hall–Kier alpha value is -2.18. The van der Waals surface area contributed by atoms with Crippen molar-refractivity contribution >= 4 is 23.0 Å². The Morgan fingerprint density at radius 1 is 1.56 bits per heavy atom. The summed E-state index contributed by atoms with van der Waals surface area (Å²) in [6, 6.07) is 0. The molecule has 2 rings (SSSR count). The largest absolute Gasteiger partial charge is 0.315 e. The van der Waals surface area contributed by atoms with Gasteiger partial charge in [-0.05, 0) is 6.92 Å². The van der Waals surface area contributed by atoms with Crippen molar-refractivity contribution in [3.63, 3.8) is 0 Å². The Bertz CT molecular complexity index is 640. The van der Waals surface area contributed by atoms with Gasteiger partial charge in [-0.25, -0.2) is 4.98 Å². The minimum absolute atomic E-state index is 0.154. The van der Waals surface area contributed by atoms with Crippen molar-refractivity contribution in [2.45, 2.75) is 27.3 Å². The first kappa shape index (κ1) is 12.3. The average Bonchev–Trinajstić information content (AvgIpc) is 2.72. The zero-order chi connectivity index (χ0) is 13.3. The van der Waals surface area contributed by atoms with Crippen LogP contribution in [-0.2, 0) is 11.3 Å². The Morgan fingerprint density at radius 2 is 2.28 bits per heavy atom. The van der Waals surface area contributed by atoms with Crippen LogP contribution in [-0.4, -0.2) is 25.4 Å². The molecule has 2 N–H and O–H groups in total. The van der Waals surface area contributed by atoms with Gasteiger partial charge in [-0.3, -0.25) is 19.9 Å². The monoisotopic (exact) mass is 249 g/mol. The number of H-pyrrole nitrogens is 1. The first-order valence-electron chi connectivity index (χ1n) is 5.79. The molecule has 0 unspecified atom stereocenters. The van der Waals surface area contributed by atoms with Gasteiger partial charge in [-0.1, -0.05) is 13.8 Å². The molecule has 0 aliphatic rings. The molecule has 7 heteroatoms. The number of nitrogens with one attached hydrogen (secondary N) is 2. The molecule has 96 valence electrons. The number of aromatic nitrogens is 4. The van der Waals surface area contributed by atoms with E-state index in [0.717, 1.165) is 0 Å². The molecular formula is C11H15N5O2. The molecule has 2 heterocycles. The number of imidazole rings is 1. The fourth-order valence-corrected chi connectivity index (χ4v) is 1.51. The summed E-state index contributed by atoms with van der Waals surface area (Å²) in [5.74, 6) is -0.219. The molecule has 0 aromatic carbocycles. The molecule has 0 saturated carbocycles. The second-order valence-corrected chi connectivity index (χ2v) is 4.26. The Kier molecular flexibility index (Phi) is 3.14. The molecule has 1 amide bonds. The van der Waals surface area contributed by atoms with Crippen LogP contribution < -0.4 is 10.9 Å². The smallest absolute Gasteiger partial charge is 0.280 e. The normalized spacial score (nSPS) is 11.1. The van der Waals surface area contributed by atoms with Crippen LogP contribution in [0.25, 0.3) is 11.2 Å². The SMILES string of the molecule is CCn1cnc2c(=O)[nH]c(NC(=O)C(C)C)nc21. The molecule has 7 nitrogen and oxygen atoms in total. The molecule has 0 radical (unpaired) electrons. The number of carbonyl (C=O) groups is 1. The van der Waals surface area contributed by atoms with E-state index >= 15 is 0 Å². The Balaban J connectivity index is 2.47. The van der Waals surface area contributed by atoms with Crippen molar-refractivity contribution in [2.24, 2.45) is 5.92 Å². The number of fused-ring (bicyclic) bond motifs is 1. The fourth-order valence-electron chi connectivity index (χ4n) is 1.51. The highest BCUT2D eigenvalue weighted by atomic mass is 16.2. The summed E-state index contributed by atoms with van der Waals surface area (Å²) >= 11 is 0. The molecule has 2 aromatic rings. The van der Waals surface area contributed by atoms with E-state index in [0.29, 0.717) is 12.2 Å². The summed E-state index contributed by atoms with van der Waals surface area (Å²) in [5.41, 5.74) is 0.394. The number of aryl methyl sites for hydroxylation is 1. The van der Waals surface area contributed by atoms with Gasteiger partial charge in [0.25, 0.3) is 5.56 Å². The number of carbonyl (C=O) groups excluding carboxylic acids is 1. The van der Waals surface area contributed by atoms with Crippen LogP contribution in [0.5, 0.6) is 0 Å². The highest BCUT2D eigenvalue weighted by Crippen LogP contribution is 2.08. The van der Waals surface area contributed by atoms with Gasteiger partial charge >= 0.3 is 0 Å². The standard InChI is InChI=1S/C11H15N5O2/c1-4-16-5-12-7-8(16)13-11(15-10(7)18)14-9(17)6(2)3/h5-6H,4H2,1-3H3,(H2,13,14,15,17,18). The number of rotatable bonds is 3. The summed E-state index contributed by atoms with van der Waals surface area (Å²) in [6.45, 7) is 6.12. The van der Waals surface area contributed by atoms with Crippen LogP contribution in [0, 0.1) is 5.92 Å². The number of anilines is 1. The highest BCUT2D eigenvalue weighted by molar-refractivity contribution is 5.90. The van der Waals surface area contributed by atoms with Crippen molar-refractivity contribution in [1.29, 1.82) is 0 Å². The molecule has 0 fully saturated rings. The summed E-state index contributed by atoms with van der Waals surface area (Å²) in [6.07, 6.45) is 1.56. The Labute approximate surface area is 103 Å². The van der Waals surface area contributed by atoms with Crippen LogP contribution in [0.4, 0.5) is 5.95 Å². The minimum Gasteiger partial charge on any atom is -0.315 e. The van der Waals surface area contributed by atoms with Gasteiger partial charge in [-0.2, -0.15) is 4.98 Å². The summed E-state index contributed by atoms with van der Waals surface area (Å²) in [5, 5.41) is 2.57. The zero-order valence-electron chi connectivity index (χ0n) is 10.5. The average molecular weight is 249 g/mol. The lowest BCUT2D eigenvalue weighted by atomic mass is 10.2. The topological polar surface area (TPSA) is 92.7 Å². The third-order valence-electron chi connectivity index (χ3n) is 2.58. The van der Waals surface area contributed by atoms with Crippen molar-refractivity contribution in [2.75, 3.05) is 5.32 Å². The predicted octanol–water partition coefficient (Wildman–Crippen LogP) is 0.734. The van der Waals surface area contributed by atoms with Crippen molar-refractivity contribution in [1.82, 2.24) is 19.5 Å². The van der Waals surface area contributed by atoms with Crippen LogP contribution in [0.15, 0.2) is 11.1 Å². The summed E-state index contributed by atoms with van der Waals surface area (Å²) in [4.78, 5) is 34.0. The van der Waals surface area contributed by atoms with Crippen LogP contribution in [0.3, 0.4) is 0 Å². The van der Waals surface area contributed by atoms with E-state index < -0.39 is 0 Å². The van der Waals surface area contributed by atoms with Gasteiger partial charge in [0.05, 0.1) is 6.33 Å². The third kappa shape index (κ3) is 2.11. The van der Waals surface area contributed by atoms with Gasteiger partial charge in [0.1, 0.15) is 0 Å². The number of hydrogen-bond donors (Lipinski definition) is 2. The quantitative estimate of drug-likeness (QED) is 0.838. The lowest BCUT2D eigenvalue weighted by Gasteiger charge is -2.06. The summed E-state index contributed by atoms with van der Waals surface area (Å²) < 4.78 is 1.75. The number of amides is 1. The molecular weight excluding hydrogens is 234 g/mol. The maximum atomic E-state index is 11.8. The molecule has 0 aliphatic heterocycles. The van der Waals surface area contributed by atoms with Gasteiger partial charge in [0, 0.05) is 12.5 Å². The fraction of sp³-hybridized carbons (Fsp3) is 0.455. The van der Waals surface area contributed by atoms with E-state index in [1.54, 1.807) is 24.7 Å². The molecule has 2 aromatic heterocycles. The van der Waals surface area contributed by atoms with E-state index in [9.17, 15) is 9.59 Å². The van der Waals surface area contributed by atoms with E-state index in [2.05, 4.69) is 20.3 Å². The molecule has 18 heavy (non-hydrogen) atoms. The number of aromatic amines is 1. The van der Waals surface area contributed by atoms with Gasteiger partial charge in [0.2, 0.25) is 11.9 Å². The lowest BCUT2D eigenvalue weighted by Crippen LogP contribution is -2.22.